The number of carbonyl (C=O) groups is 1. The van der Waals surface area contributed by atoms with Gasteiger partial charge in [-0.2, -0.15) is 0 Å². The molecule has 2 aromatic carbocycles. The van der Waals surface area contributed by atoms with Crippen molar-refractivity contribution < 1.29 is 13.2 Å². The highest BCUT2D eigenvalue weighted by molar-refractivity contribution is 7.92. The van der Waals surface area contributed by atoms with Gasteiger partial charge in [0, 0.05) is 17.3 Å². The maximum Gasteiger partial charge on any atom is 0.261 e. The summed E-state index contributed by atoms with van der Waals surface area (Å²) in [5.41, 5.74) is 0.930. The molecule has 3 rings (SSSR count). The minimum Gasteiger partial charge on any atom is -0.349 e. The summed E-state index contributed by atoms with van der Waals surface area (Å²) in [4.78, 5) is 12.6. The van der Waals surface area contributed by atoms with Crippen LogP contribution < -0.4 is 15.4 Å². The van der Waals surface area contributed by atoms with Crippen LogP contribution in [0.15, 0.2) is 59.5 Å². The summed E-state index contributed by atoms with van der Waals surface area (Å²) in [7, 11) is -3.63. The number of hydrogen-bond donors (Lipinski definition) is 3. The largest absolute Gasteiger partial charge is 0.349 e. The Morgan fingerprint density at radius 1 is 1.07 bits per heavy atom. The van der Waals surface area contributed by atoms with Gasteiger partial charge in [0.25, 0.3) is 15.9 Å². The summed E-state index contributed by atoms with van der Waals surface area (Å²) in [6, 6.07) is 14.8. The van der Waals surface area contributed by atoms with Crippen LogP contribution in [-0.2, 0) is 10.0 Å². The summed E-state index contributed by atoms with van der Waals surface area (Å²) >= 11 is 0. The number of sulfonamides is 1. The normalized spacial score (nSPS) is 19.6. The lowest BCUT2D eigenvalue weighted by atomic mass is 9.95. The van der Waals surface area contributed by atoms with E-state index in [1.165, 1.54) is 12.1 Å². The number of halogens is 1. The third-order valence-corrected chi connectivity index (χ3v) is 5.95. The molecular formula is C19H24ClN3O3S. The maximum absolute atomic E-state index is 12.4. The molecule has 0 spiro atoms. The van der Waals surface area contributed by atoms with Gasteiger partial charge in [-0.15, -0.1) is 12.4 Å². The molecule has 1 amide bonds. The van der Waals surface area contributed by atoms with Crippen molar-refractivity contribution in [2.24, 2.45) is 5.92 Å². The van der Waals surface area contributed by atoms with Crippen LogP contribution in [0.25, 0.3) is 0 Å². The summed E-state index contributed by atoms with van der Waals surface area (Å²) < 4.78 is 27.2. The molecule has 1 aliphatic rings. The lowest BCUT2D eigenvalue weighted by Gasteiger charge is -2.30. The first-order chi connectivity index (χ1) is 12.5. The van der Waals surface area contributed by atoms with Crippen LogP contribution in [0.1, 0.15) is 23.7 Å². The van der Waals surface area contributed by atoms with Gasteiger partial charge in [0.1, 0.15) is 0 Å². The molecule has 1 saturated heterocycles. The van der Waals surface area contributed by atoms with Crippen molar-refractivity contribution in [3.05, 3.63) is 60.2 Å². The molecule has 0 radical (unpaired) electrons. The van der Waals surface area contributed by atoms with E-state index in [2.05, 4.69) is 22.3 Å². The van der Waals surface area contributed by atoms with Gasteiger partial charge in [-0.25, -0.2) is 8.42 Å². The fraction of sp³-hybridized carbons (Fsp3) is 0.316. The highest BCUT2D eigenvalue weighted by Gasteiger charge is 2.23. The first-order valence-electron chi connectivity index (χ1n) is 8.65. The predicted octanol–water partition coefficient (Wildman–Crippen LogP) is 2.64. The van der Waals surface area contributed by atoms with Crippen molar-refractivity contribution in [1.82, 2.24) is 10.6 Å². The molecule has 2 aromatic rings. The van der Waals surface area contributed by atoms with E-state index in [0.29, 0.717) is 17.2 Å². The molecule has 1 heterocycles. The fourth-order valence-electron chi connectivity index (χ4n) is 2.98. The average molecular weight is 410 g/mol. The molecule has 0 aliphatic carbocycles. The molecule has 146 valence electrons. The smallest absolute Gasteiger partial charge is 0.261 e. The SMILES string of the molecule is CC1CNCCC1NC(=O)c1ccc(NS(=O)(=O)c2ccccc2)cc1.Cl. The Labute approximate surface area is 166 Å². The third-order valence-electron chi connectivity index (χ3n) is 4.55. The van der Waals surface area contributed by atoms with Gasteiger partial charge in [0.15, 0.2) is 0 Å². The Hall–Kier alpha value is -2.09. The van der Waals surface area contributed by atoms with E-state index >= 15 is 0 Å². The van der Waals surface area contributed by atoms with Gasteiger partial charge in [-0.05, 0) is 61.8 Å². The van der Waals surface area contributed by atoms with Gasteiger partial charge >= 0.3 is 0 Å². The Morgan fingerprint density at radius 3 is 2.37 bits per heavy atom. The molecule has 27 heavy (non-hydrogen) atoms. The summed E-state index contributed by atoms with van der Waals surface area (Å²) in [6.07, 6.45) is 0.905. The number of carbonyl (C=O) groups excluding carboxylic acids is 1. The zero-order valence-electron chi connectivity index (χ0n) is 15.0. The lowest BCUT2D eigenvalue weighted by Crippen LogP contribution is -2.48. The van der Waals surface area contributed by atoms with E-state index in [9.17, 15) is 13.2 Å². The van der Waals surface area contributed by atoms with Crippen LogP contribution in [0, 0.1) is 5.92 Å². The van der Waals surface area contributed by atoms with Gasteiger partial charge < -0.3 is 10.6 Å². The first kappa shape index (κ1) is 21.2. The third kappa shape index (κ3) is 5.45. The number of anilines is 1. The van der Waals surface area contributed by atoms with Gasteiger partial charge in [0.05, 0.1) is 4.90 Å². The van der Waals surface area contributed by atoms with E-state index in [-0.39, 0.29) is 29.3 Å². The molecule has 6 nitrogen and oxygen atoms in total. The van der Waals surface area contributed by atoms with Crippen molar-refractivity contribution in [2.75, 3.05) is 17.8 Å². The monoisotopic (exact) mass is 409 g/mol. The van der Waals surface area contributed by atoms with E-state index in [0.717, 1.165) is 19.5 Å². The van der Waals surface area contributed by atoms with Crippen LogP contribution in [0.3, 0.4) is 0 Å². The number of rotatable bonds is 5. The van der Waals surface area contributed by atoms with Crippen molar-refractivity contribution in [3.8, 4) is 0 Å². The number of hydrogen-bond acceptors (Lipinski definition) is 4. The molecule has 0 bridgehead atoms. The minimum atomic E-state index is -3.63. The number of benzene rings is 2. The Balaban J connectivity index is 0.00000261. The minimum absolute atomic E-state index is 0. The van der Waals surface area contributed by atoms with Gasteiger partial charge in [-0.1, -0.05) is 25.1 Å². The number of piperidine rings is 1. The fourth-order valence-corrected chi connectivity index (χ4v) is 4.06. The zero-order chi connectivity index (χ0) is 18.6. The lowest BCUT2D eigenvalue weighted by molar-refractivity contribution is 0.0914. The van der Waals surface area contributed by atoms with Crippen LogP contribution in [0.2, 0.25) is 0 Å². The first-order valence-corrected chi connectivity index (χ1v) is 10.1. The van der Waals surface area contributed by atoms with Crippen molar-refractivity contribution in [1.29, 1.82) is 0 Å². The van der Waals surface area contributed by atoms with Crippen LogP contribution >= 0.6 is 12.4 Å². The molecule has 0 aromatic heterocycles. The average Bonchev–Trinajstić information content (AvgIpc) is 2.64. The second-order valence-corrected chi connectivity index (χ2v) is 8.23. The topological polar surface area (TPSA) is 87.3 Å². The predicted molar refractivity (Wildman–Crippen MR) is 109 cm³/mol. The highest BCUT2D eigenvalue weighted by atomic mass is 35.5. The van der Waals surface area contributed by atoms with Crippen molar-refractivity contribution in [2.45, 2.75) is 24.3 Å². The second-order valence-electron chi connectivity index (χ2n) is 6.55. The molecule has 0 saturated carbocycles. The Kier molecular flexibility index (Phi) is 7.24. The highest BCUT2D eigenvalue weighted by Crippen LogP contribution is 2.17. The summed E-state index contributed by atoms with van der Waals surface area (Å²) in [5.74, 6) is 0.242. The molecule has 2 atom stereocenters. The molecule has 8 heteroatoms. The van der Waals surface area contributed by atoms with Crippen molar-refractivity contribution in [3.63, 3.8) is 0 Å². The van der Waals surface area contributed by atoms with E-state index in [1.54, 1.807) is 42.5 Å². The van der Waals surface area contributed by atoms with Gasteiger partial charge in [0.2, 0.25) is 0 Å². The summed E-state index contributed by atoms with van der Waals surface area (Å²) in [6.45, 7) is 3.90. The van der Waals surface area contributed by atoms with Crippen LogP contribution in [-0.4, -0.2) is 33.5 Å². The summed E-state index contributed by atoms with van der Waals surface area (Å²) in [5, 5.41) is 6.36. The van der Waals surface area contributed by atoms with Crippen LogP contribution in [0.4, 0.5) is 5.69 Å². The second kappa shape index (κ2) is 9.21. The molecule has 2 unspecified atom stereocenters. The quantitative estimate of drug-likeness (QED) is 0.708. The number of nitrogens with one attached hydrogen (secondary N) is 3. The van der Waals surface area contributed by atoms with Crippen LogP contribution in [0.5, 0.6) is 0 Å². The molecule has 1 aliphatic heterocycles. The zero-order valence-corrected chi connectivity index (χ0v) is 16.6. The van der Waals surface area contributed by atoms with E-state index < -0.39 is 10.0 Å². The van der Waals surface area contributed by atoms with Crippen molar-refractivity contribution >= 4 is 34.0 Å². The Morgan fingerprint density at radius 2 is 1.74 bits per heavy atom. The standard InChI is InChI=1S/C19H23N3O3S.ClH/c1-14-13-20-12-11-18(14)21-19(23)15-7-9-16(10-8-15)22-26(24,25)17-5-3-2-4-6-17;/h2-10,14,18,20,22H,11-13H2,1H3,(H,21,23);1H. The van der Waals surface area contributed by atoms with E-state index in [4.69, 9.17) is 0 Å². The molecule has 3 N–H and O–H groups in total. The number of amides is 1. The maximum atomic E-state index is 12.4. The molecule has 1 fully saturated rings. The molecular weight excluding hydrogens is 386 g/mol. The van der Waals surface area contributed by atoms with E-state index in [1.807, 2.05) is 0 Å². The van der Waals surface area contributed by atoms with Gasteiger partial charge in [-0.3, -0.25) is 9.52 Å². The Bertz CT molecular complexity index is 858.